The minimum Gasteiger partial charge on any atom is -0.0656 e. The van der Waals surface area contributed by atoms with E-state index < -0.39 is 24.2 Å². The maximum absolute atomic E-state index is 2.61. The Bertz CT molecular complexity index is 453. The van der Waals surface area contributed by atoms with Gasteiger partial charge < -0.3 is 0 Å². The van der Waals surface area contributed by atoms with Gasteiger partial charge in [0.25, 0.3) is 0 Å². The first-order chi connectivity index (χ1) is 7.54. The second kappa shape index (κ2) is 3.68. The molecule has 1 aromatic carbocycles. The first-order valence-corrected chi connectivity index (χ1v) is 16.6. The van der Waals surface area contributed by atoms with Crippen molar-refractivity contribution in [1.29, 1.82) is 0 Å². The van der Waals surface area contributed by atoms with Crippen LogP contribution in [0, 0.1) is 0 Å². The third-order valence-corrected chi connectivity index (χ3v) is 17.4. The van der Waals surface area contributed by atoms with Crippen molar-refractivity contribution < 1.29 is 0 Å². The summed E-state index contributed by atoms with van der Waals surface area (Å²) in [6.45, 7) is 17.6. The lowest BCUT2D eigenvalue weighted by molar-refractivity contribution is 1.63. The van der Waals surface area contributed by atoms with E-state index in [4.69, 9.17) is 0 Å². The lowest BCUT2D eigenvalue weighted by Gasteiger charge is -2.22. The molecule has 0 saturated heterocycles. The summed E-state index contributed by atoms with van der Waals surface area (Å²) in [6, 6.07) is 7.54. The van der Waals surface area contributed by atoms with Gasteiger partial charge >= 0.3 is 0 Å². The fourth-order valence-electron chi connectivity index (χ4n) is 3.46. The van der Waals surface area contributed by atoms with E-state index in [1.165, 1.54) is 0 Å². The summed E-state index contributed by atoms with van der Waals surface area (Å²) in [4.78, 5) is 0. The Morgan fingerprint density at radius 2 is 1.41 bits per heavy atom. The lowest BCUT2D eigenvalue weighted by atomic mass is 10.3. The summed E-state index contributed by atoms with van der Waals surface area (Å²) in [5.41, 5.74) is 1.55. The van der Waals surface area contributed by atoms with Crippen molar-refractivity contribution in [2.45, 2.75) is 51.5 Å². The van der Waals surface area contributed by atoms with Crippen LogP contribution in [0.4, 0.5) is 0 Å². The molecule has 17 heavy (non-hydrogen) atoms. The maximum atomic E-state index is 2.61. The second-order valence-corrected chi connectivity index (χ2v) is 23.1. The Kier molecular flexibility index (Phi) is 2.88. The van der Waals surface area contributed by atoms with Gasteiger partial charge in [-0.15, -0.1) is 0 Å². The van der Waals surface area contributed by atoms with E-state index in [-0.39, 0.29) is 0 Å². The third kappa shape index (κ3) is 2.25. The van der Waals surface area contributed by atoms with Crippen molar-refractivity contribution >= 4 is 39.8 Å². The third-order valence-electron chi connectivity index (χ3n) is 4.23. The molecule has 0 saturated carbocycles. The summed E-state index contributed by atoms with van der Waals surface area (Å²) in [5, 5.41) is 5.23. The van der Waals surface area contributed by atoms with Crippen molar-refractivity contribution in [2.24, 2.45) is 0 Å². The molecule has 0 aliphatic carbocycles. The Morgan fingerprint density at radius 1 is 0.882 bits per heavy atom. The summed E-state index contributed by atoms with van der Waals surface area (Å²) in [6.07, 6.45) is 0. The molecule has 0 nitrogen and oxygen atoms in total. The molecule has 0 amide bonds. The lowest BCUT2D eigenvalue weighted by Crippen LogP contribution is -2.49. The zero-order valence-corrected chi connectivity index (χ0v) is 15.4. The molecule has 1 aliphatic heterocycles. The van der Waals surface area contributed by atoms with Gasteiger partial charge in [0.15, 0.2) is 0 Å². The molecule has 2 rings (SSSR count). The Morgan fingerprint density at radius 3 is 1.94 bits per heavy atom. The van der Waals surface area contributed by atoms with Crippen molar-refractivity contribution in [3.63, 3.8) is 0 Å². The average molecular weight is 279 g/mol. The fraction of sp³-hybridized carbons (Fsp3) is 0.571. The van der Waals surface area contributed by atoms with Crippen molar-refractivity contribution in [2.75, 3.05) is 0 Å². The van der Waals surface area contributed by atoms with Gasteiger partial charge in [-0.2, -0.15) is 0 Å². The van der Waals surface area contributed by atoms with Crippen LogP contribution in [0.5, 0.6) is 0 Å². The molecule has 3 heteroatoms. The Labute approximate surface area is 109 Å². The van der Waals surface area contributed by atoms with Crippen LogP contribution in [0.25, 0.3) is 0 Å². The van der Waals surface area contributed by atoms with Crippen molar-refractivity contribution in [3.8, 4) is 0 Å². The van der Waals surface area contributed by atoms with Gasteiger partial charge in [0.05, 0.1) is 24.2 Å². The Balaban J connectivity index is 2.61. The van der Waals surface area contributed by atoms with Gasteiger partial charge in [-0.05, 0) is 0 Å². The molecule has 0 fully saturated rings. The summed E-state index contributed by atoms with van der Waals surface area (Å²) in [5.74, 6) is 0. The van der Waals surface area contributed by atoms with E-state index >= 15 is 0 Å². The van der Waals surface area contributed by atoms with E-state index in [0.29, 0.717) is 0 Å². The number of fused-ring (bicyclic) bond motifs is 1. The molecule has 0 unspecified atom stereocenters. The normalized spacial score (nSPS) is 21.4. The van der Waals surface area contributed by atoms with Crippen LogP contribution in [0.15, 0.2) is 18.2 Å². The predicted molar refractivity (Wildman–Crippen MR) is 88.5 cm³/mol. The van der Waals surface area contributed by atoms with Crippen LogP contribution < -0.4 is 15.6 Å². The molecule has 0 bridgehead atoms. The zero-order chi connectivity index (χ0) is 13.1. The summed E-state index contributed by atoms with van der Waals surface area (Å²) in [7, 11) is -3.37. The standard InChI is InChI=1S/C14H26Si3/c1-15(2,3)12-8-9-13-14(10-12)17(6,7)11-16(13,4)5/h8-10H,11H2,1-7H3. The molecule has 0 radical (unpaired) electrons. The van der Waals surface area contributed by atoms with Crippen molar-refractivity contribution in [3.05, 3.63) is 18.2 Å². The molecular weight excluding hydrogens is 252 g/mol. The van der Waals surface area contributed by atoms with Crippen molar-refractivity contribution in [1.82, 2.24) is 0 Å². The highest BCUT2D eigenvalue weighted by atomic mass is 28.4. The second-order valence-electron chi connectivity index (χ2n) is 7.95. The van der Waals surface area contributed by atoms with E-state index in [1.807, 2.05) is 0 Å². The first-order valence-electron chi connectivity index (χ1n) is 6.70. The maximum Gasteiger partial charge on any atom is 0.0782 e. The molecule has 0 N–H and O–H groups in total. The zero-order valence-electron chi connectivity index (χ0n) is 12.4. The van der Waals surface area contributed by atoms with Crippen LogP contribution in [0.1, 0.15) is 0 Å². The van der Waals surface area contributed by atoms with Gasteiger partial charge in [-0.25, -0.2) is 0 Å². The number of hydrogen-bond acceptors (Lipinski definition) is 0. The van der Waals surface area contributed by atoms with Crippen LogP contribution in [0.3, 0.4) is 0 Å². The number of hydrogen-bond donors (Lipinski definition) is 0. The minimum absolute atomic E-state index is 1.10. The number of benzene rings is 1. The SMILES string of the molecule is C[Si](C)(C)c1ccc2c(c1)[Si](C)(C)C[Si]2(C)C. The highest BCUT2D eigenvalue weighted by molar-refractivity contribution is 7.14. The molecule has 0 spiro atoms. The highest BCUT2D eigenvalue weighted by Gasteiger charge is 2.44. The van der Waals surface area contributed by atoms with Crippen LogP contribution in [-0.4, -0.2) is 24.2 Å². The fourth-order valence-corrected chi connectivity index (χ4v) is 19.8. The quantitative estimate of drug-likeness (QED) is 0.693. The molecule has 0 atom stereocenters. The molecule has 1 aromatic rings. The molecule has 0 aromatic heterocycles. The first kappa shape index (κ1) is 13.3. The summed E-state index contributed by atoms with van der Waals surface area (Å²) < 4.78 is 0. The topological polar surface area (TPSA) is 0 Å². The van der Waals surface area contributed by atoms with Crippen LogP contribution in [-0.2, 0) is 0 Å². The van der Waals surface area contributed by atoms with Crippen LogP contribution in [0.2, 0.25) is 51.5 Å². The monoisotopic (exact) mass is 278 g/mol. The molecule has 1 heterocycles. The smallest absolute Gasteiger partial charge is 0.0656 e. The van der Waals surface area contributed by atoms with E-state index in [9.17, 15) is 0 Å². The van der Waals surface area contributed by atoms with Gasteiger partial charge in [-0.1, -0.05) is 85.3 Å². The van der Waals surface area contributed by atoms with Crippen LogP contribution >= 0.6 is 0 Å². The predicted octanol–water partition coefficient (Wildman–Crippen LogP) is 2.62. The van der Waals surface area contributed by atoms with E-state index in [2.05, 4.69) is 64.0 Å². The summed E-state index contributed by atoms with van der Waals surface area (Å²) >= 11 is 0. The molecule has 94 valence electrons. The number of rotatable bonds is 1. The minimum atomic E-state index is -1.15. The van der Waals surface area contributed by atoms with Gasteiger partial charge in [0.2, 0.25) is 0 Å². The van der Waals surface area contributed by atoms with E-state index in [1.54, 1.807) is 21.2 Å². The largest absolute Gasteiger partial charge is 0.0782 e. The molecule has 1 aliphatic rings. The van der Waals surface area contributed by atoms with Gasteiger partial charge in [-0.3, -0.25) is 0 Å². The van der Waals surface area contributed by atoms with Gasteiger partial charge in [0.1, 0.15) is 0 Å². The Hall–Kier alpha value is -0.129. The van der Waals surface area contributed by atoms with E-state index in [0.717, 1.165) is 0 Å². The van der Waals surface area contributed by atoms with Gasteiger partial charge in [0, 0.05) is 0 Å². The molecular formula is C14H26Si3. The highest BCUT2D eigenvalue weighted by Crippen LogP contribution is 2.25. The average Bonchev–Trinajstić information content (AvgIpc) is 2.31.